The predicted molar refractivity (Wildman–Crippen MR) is 122 cm³/mol. The Balaban J connectivity index is 1.54. The van der Waals surface area contributed by atoms with E-state index in [0.29, 0.717) is 17.7 Å². The number of hydrogen-bond donors (Lipinski definition) is 2. The van der Waals surface area contributed by atoms with Crippen molar-refractivity contribution in [1.29, 1.82) is 0 Å². The molecule has 3 aromatic carbocycles. The minimum Gasteiger partial charge on any atom is -0.496 e. The number of fused-ring (bicyclic) bond motifs is 1. The fourth-order valence-corrected chi connectivity index (χ4v) is 3.62. The van der Waals surface area contributed by atoms with Crippen LogP contribution >= 0.6 is 0 Å². The average Bonchev–Trinajstić information content (AvgIpc) is 3.25. The zero-order valence-electron chi connectivity index (χ0n) is 17.7. The molecular formula is C26H24N2O4. The number of benzene rings is 3. The Morgan fingerprint density at radius 3 is 2.44 bits per heavy atom. The number of H-pyrrole nitrogens is 1. The lowest BCUT2D eigenvalue weighted by Gasteiger charge is -2.18. The summed E-state index contributed by atoms with van der Waals surface area (Å²) < 4.78 is 10.9. The summed E-state index contributed by atoms with van der Waals surface area (Å²) in [4.78, 5) is 29.0. The lowest BCUT2D eigenvalue weighted by atomic mass is 10.0. The first-order chi connectivity index (χ1) is 15.7. The fraction of sp³-hybridized carbons (Fsp3) is 0.154. The number of carbonyl (C=O) groups is 2. The van der Waals surface area contributed by atoms with Crippen molar-refractivity contribution in [2.75, 3.05) is 7.11 Å². The van der Waals surface area contributed by atoms with Gasteiger partial charge in [0.15, 0.2) is 0 Å². The van der Waals surface area contributed by atoms with Gasteiger partial charge in [-0.25, -0.2) is 4.79 Å². The summed E-state index contributed by atoms with van der Waals surface area (Å²) in [5.74, 6) is -0.197. The Morgan fingerprint density at radius 1 is 0.906 bits per heavy atom. The molecule has 0 aliphatic heterocycles. The van der Waals surface area contributed by atoms with E-state index in [1.54, 1.807) is 31.4 Å². The summed E-state index contributed by atoms with van der Waals surface area (Å²) in [6.07, 6.45) is 2.16. The lowest BCUT2D eigenvalue weighted by Crippen LogP contribution is -2.43. The summed E-state index contributed by atoms with van der Waals surface area (Å²) in [5, 5.41) is 3.85. The third-order valence-corrected chi connectivity index (χ3v) is 5.29. The Labute approximate surface area is 186 Å². The van der Waals surface area contributed by atoms with Gasteiger partial charge in [-0.05, 0) is 29.8 Å². The van der Waals surface area contributed by atoms with E-state index in [4.69, 9.17) is 9.47 Å². The van der Waals surface area contributed by atoms with E-state index in [1.165, 1.54) is 0 Å². The van der Waals surface area contributed by atoms with Crippen LogP contribution in [0, 0.1) is 0 Å². The van der Waals surface area contributed by atoms with Gasteiger partial charge in [0.05, 0.1) is 7.11 Å². The highest BCUT2D eigenvalue weighted by molar-refractivity contribution is 5.97. The molecule has 0 bridgehead atoms. The number of aromatic nitrogens is 1. The van der Waals surface area contributed by atoms with Crippen molar-refractivity contribution in [2.24, 2.45) is 0 Å². The number of esters is 1. The van der Waals surface area contributed by atoms with Crippen LogP contribution in [0.15, 0.2) is 85.1 Å². The highest BCUT2D eigenvalue weighted by Gasteiger charge is 2.25. The van der Waals surface area contributed by atoms with Gasteiger partial charge in [0, 0.05) is 34.6 Å². The molecule has 1 atom stereocenters. The minimum absolute atomic E-state index is 0.0500. The summed E-state index contributed by atoms with van der Waals surface area (Å²) in [6, 6.07) is 23.1. The maximum atomic E-state index is 13.1. The standard InChI is InChI=1S/C26H24N2O4/c1-31-24-14-8-5-11-19(24)17-32-26(30)23(28-25(29)18-9-3-2-4-10-18)15-20-16-27-22-13-7-6-12-21(20)22/h2-14,16,23,27H,15,17H2,1H3,(H,28,29). The largest absolute Gasteiger partial charge is 0.496 e. The second kappa shape index (κ2) is 9.83. The van der Waals surface area contributed by atoms with E-state index >= 15 is 0 Å². The van der Waals surface area contributed by atoms with Gasteiger partial charge in [-0.2, -0.15) is 0 Å². The molecule has 0 fully saturated rings. The number of hydrogen-bond acceptors (Lipinski definition) is 4. The third kappa shape index (κ3) is 4.81. The van der Waals surface area contributed by atoms with Gasteiger partial charge >= 0.3 is 5.97 Å². The van der Waals surface area contributed by atoms with Crippen molar-refractivity contribution < 1.29 is 19.1 Å². The molecule has 4 rings (SSSR count). The maximum absolute atomic E-state index is 13.1. The smallest absolute Gasteiger partial charge is 0.329 e. The monoisotopic (exact) mass is 428 g/mol. The quantitative estimate of drug-likeness (QED) is 0.411. The molecule has 6 nitrogen and oxygen atoms in total. The number of rotatable bonds is 8. The highest BCUT2D eigenvalue weighted by atomic mass is 16.5. The molecule has 4 aromatic rings. The van der Waals surface area contributed by atoms with Crippen molar-refractivity contribution in [3.8, 4) is 5.75 Å². The Kier molecular flexibility index (Phi) is 6.51. The molecule has 32 heavy (non-hydrogen) atoms. The molecule has 0 aliphatic rings. The van der Waals surface area contributed by atoms with E-state index in [0.717, 1.165) is 22.0 Å². The van der Waals surface area contributed by atoms with Crippen molar-refractivity contribution >= 4 is 22.8 Å². The molecule has 2 N–H and O–H groups in total. The molecular weight excluding hydrogens is 404 g/mol. The van der Waals surface area contributed by atoms with E-state index < -0.39 is 12.0 Å². The first kappa shape index (κ1) is 21.2. The normalized spacial score (nSPS) is 11.7. The minimum atomic E-state index is -0.850. The lowest BCUT2D eigenvalue weighted by molar-refractivity contribution is -0.147. The predicted octanol–water partition coefficient (Wildman–Crippen LogP) is 4.26. The Bertz CT molecular complexity index is 1220. The second-order valence-corrected chi connectivity index (χ2v) is 7.38. The molecule has 0 saturated heterocycles. The van der Waals surface area contributed by atoms with Crippen molar-refractivity contribution in [3.05, 3.63) is 102 Å². The number of para-hydroxylation sites is 2. The van der Waals surface area contributed by atoms with Crippen LogP contribution in [0.1, 0.15) is 21.5 Å². The number of carbonyl (C=O) groups excluding carboxylic acids is 2. The van der Waals surface area contributed by atoms with Crippen molar-refractivity contribution in [2.45, 2.75) is 19.1 Å². The highest BCUT2D eigenvalue weighted by Crippen LogP contribution is 2.21. The van der Waals surface area contributed by atoms with Gasteiger partial charge in [-0.3, -0.25) is 4.79 Å². The van der Waals surface area contributed by atoms with Gasteiger partial charge in [0.2, 0.25) is 0 Å². The second-order valence-electron chi connectivity index (χ2n) is 7.38. The van der Waals surface area contributed by atoms with Crippen LogP contribution in [-0.2, 0) is 22.6 Å². The van der Waals surface area contributed by atoms with Crippen LogP contribution in [0.5, 0.6) is 5.75 Å². The fourth-order valence-electron chi connectivity index (χ4n) is 3.62. The topological polar surface area (TPSA) is 80.4 Å². The number of nitrogens with one attached hydrogen (secondary N) is 2. The van der Waals surface area contributed by atoms with E-state index in [2.05, 4.69) is 10.3 Å². The maximum Gasteiger partial charge on any atom is 0.329 e. The molecule has 0 saturated carbocycles. The van der Waals surface area contributed by atoms with Gasteiger partial charge < -0.3 is 19.8 Å². The molecule has 1 aromatic heterocycles. The van der Waals surface area contributed by atoms with Crippen molar-refractivity contribution in [1.82, 2.24) is 10.3 Å². The van der Waals surface area contributed by atoms with Crippen LogP contribution in [-0.4, -0.2) is 30.0 Å². The van der Waals surface area contributed by atoms with Gasteiger partial charge in [0.25, 0.3) is 5.91 Å². The molecule has 0 spiro atoms. The molecule has 6 heteroatoms. The molecule has 1 unspecified atom stereocenters. The van der Waals surface area contributed by atoms with Crippen LogP contribution < -0.4 is 10.1 Å². The zero-order chi connectivity index (χ0) is 22.3. The summed E-state index contributed by atoms with van der Waals surface area (Å²) in [7, 11) is 1.57. The number of aromatic amines is 1. The number of amides is 1. The zero-order valence-corrected chi connectivity index (χ0v) is 17.7. The van der Waals surface area contributed by atoms with Crippen LogP contribution in [0.25, 0.3) is 10.9 Å². The molecule has 0 radical (unpaired) electrons. The van der Waals surface area contributed by atoms with Gasteiger partial charge in [0.1, 0.15) is 18.4 Å². The Hall–Kier alpha value is -4.06. The SMILES string of the molecule is COc1ccccc1COC(=O)C(Cc1c[nH]c2ccccc12)NC(=O)c1ccccc1. The van der Waals surface area contributed by atoms with Gasteiger partial charge in [-0.1, -0.05) is 54.6 Å². The molecule has 0 aliphatic carbocycles. The molecule has 162 valence electrons. The first-order valence-electron chi connectivity index (χ1n) is 10.3. The van der Waals surface area contributed by atoms with Crippen LogP contribution in [0.2, 0.25) is 0 Å². The Morgan fingerprint density at radius 2 is 1.62 bits per heavy atom. The van der Waals surface area contributed by atoms with E-state index in [-0.39, 0.29) is 12.5 Å². The van der Waals surface area contributed by atoms with E-state index in [1.807, 2.05) is 60.8 Å². The average molecular weight is 428 g/mol. The third-order valence-electron chi connectivity index (χ3n) is 5.29. The van der Waals surface area contributed by atoms with Gasteiger partial charge in [-0.15, -0.1) is 0 Å². The van der Waals surface area contributed by atoms with Crippen LogP contribution in [0.4, 0.5) is 0 Å². The van der Waals surface area contributed by atoms with Crippen molar-refractivity contribution in [3.63, 3.8) is 0 Å². The molecule has 1 amide bonds. The first-order valence-corrected chi connectivity index (χ1v) is 10.3. The number of methoxy groups -OCH3 is 1. The molecule has 1 heterocycles. The number of ether oxygens (including phenoxy) is 2. The summed E-state index contributed by atoms with van der Waals surface area (Å²) in [5.41, 5.74) is 3.13. The summed E-state index contributed by atoms with van der Waals surface area (Å²) in [6.45, 7) is 0.0500. The summed E-state index contributed by atoms with van der Waals surface area (Å²) >= 11 is 0. The van der Waals surface area contributed by atoms with E-state index in [9.17, 15) is 9.59 Å². The van der Waals surface area contributed by atoms with Crippen LogP contribution in [0.3, 0.4) is 0 Å².